The van der Waals surface area contributed by atoms with E-state index in [0.717, 1.165) is 38.2 Å². The Kier molecular flexibility index (Phi) is 2.28. The summed E-state index contributed by atoms with van der Waals surface area (Å²) in [6.45, 7) is 1.73. The highest BCUT2D eigenvalue weighted by Gasteiger charge is 2.39. The SMILES string of the molecule is COc1cccc2c1NC1(CCOCC1)C2. The van der Waals surface area contributed by atoms with Gasteiger partial charge < -0.3 is 14.8 Å². The molecule has 86 valence electrons. The number of hydrogen-bond acceptors (Lipinski definition) is 3. The minimum Gasteiger partial charge on any atom is -0.495 e. The van der Waals surface area contributed by atoms with Crippen LogP contribution < -0.4 is 10.1 Å². The Morgan fingerprint density at radius 2 is 2.12 bits per heavy atom. The van der Waals surface area contributed by atoms with Crippen LogP contribution in [0, 0.1) is 0 Å². The minimum absolute atomic E-state index is 0.217. The zero-order chi connectivity index (χ0) is 11.0. The van der Waals surface area contributed by atoms with Gasteiger partial charge in [0.25, 0.3) is 0 Å². The van der Waals surface area contributed by atoms with E-state index in [4.69, 9.17) is 9.47 Å². The summed E-state index contributed by atoms with van der Waals surface area (Å²) in [5.74, 6) is 0.959. The smallest absolute Gasteiger partial charge is 0.142 e. The fraction of sp³-hybridized carbons (Fsp3) is 0.538. The standard InChI is InChI=1S/C13H17NO2/c1-15-11-4-2-3-10-9-13(14-12(10)11)5-7-16-8-6-13/h2-4,14H,5-9H2,1H3. The van der Waals surface area contributed by atoms with E-state index >= 15 is 0 Å². The fourth-order valence-corrected chi connectivity index (χ4v) is 2.77. The third-order valence-corrected chi connectivity index (χ3v) is 3.70. The first-order chi connectivity index (χ1) is 7.83. The van der Waals surface area contributed by atoms with Crippen molar-refractivity contribution in [2.24, 2.45) is 0 Å². The molecule has 1 N–H and O–H groups in total. The van der Waals surface area contributed by atoms with Crippen LogP contribution >= 0.6 is 0 Å². The van der Waals surface area contributed by atoms with Gasteiger partial charge in [-0.2, -0.15) is 0 Å². The normalized spacial score (nSPS) is 21.6. The van der Waals surface area contributed by atoms with Gasteiger partial charge in [0.15, 0.2) is 0 Å². The Balaban J connectivity index is 1.93. The van der Waals surface area contributed by atoms with E-state index in [2.05, 4.69) is 17.4 Å². The molecule has 0 bridgehead atoms. The lowest BCUT2D eigenvalue weighted by atomic mass is 9.87. The Morgan fingerprint density at radius 1 is 1.31 bits per heavy atom. The van der Waals surface area contributed by atoms with Crippen molar-refractivity contribution in [3.8, 4) is 5.75 Å². The first-order valence-corrected chi connectivity index (χ1v) is 5.85. The van der Waals surface area contributed by atoms with Gasteiger partial charge in [-0.15, -0.1) is 0 Å². The maximum atomic E-state index is 5.44. The Morgan fingerprint density at radius 3 is 2.88 bits per heavy atom. The summed E-state index contributed by atoms with van der Waals surface area (Å²) in [7, 11) is 1.73. The second-order valence-corrected chi connectivity index (χ2v) is 4.69. The topological polar surface area (TPSA) is 30.5 Å². The molecule has 0 saturated carbocycles. The van der Waals surface area contributed by atoms with Gasteiger partial charge in [-0.3, -0.25) is 0 Å². The Hall–Kier alpha value is -1.22. The van der Waals surface area contributed by atoms with Crippen molar-refractivity contribution in [1.82, 2.24) is 0 Å². The van der Waals surface area contributed by atoms with Crippen LogP contribution in [0.2, 0.25) is 0 Å². The van der Waals surface area contributed by atoms with Crippen molar-refractivity contribution < 1.29 is 9.47 Å². The summed E-state index contributed by atoms with van der Waals surface area (Å²) in [4.78, 5) is 0. The van der Waals surface area contributed by atoms with Crippen LogP contribution in [-0.4, -0.2) is 25.9 Å². The zero-order valence-corrected chi connectivity index (χ0v) is 9.58. The molecule has 3 rings (SSSR count). The molecule has 0 aliphatic carbocycles. The van der Waals surface area contributed by atoms with E-state index in [1.165, 1.54) is 11.3 Å². The van der Waals surface area contributed by atoms with Gasteiger partial charge in [-0.25, -0.2) is 0 Å². The van der Waals surface area contributed by atoms with Crippen LogP contribution in [0.15, 0.2) is 18.2 Å². The van der Waals surface area contributed by atoms with Gasteiger partial charge in [0, 0.05) is 18.8 Å². The first kappa shape index (κ1) is 9.97. The fourth-order valence-electron chi connectivity index (χ4n) is 2.77. The molecule has 0 amide bonds. The van der Waals surface area contributed by atoms with Gasteiger partial charge in [0.2, 0.25) is 0 Å². The predicted octanol–water partition coefficient (Wildman–Crippen LogP) is 2.21. The van der Waals surface area contributed by atoms with Crippen molar-refractivity contribution in [3.63, 3.8) is 0 Å². The van der Waals surface area contributed by atoms with Crippen LogP contribution in [0.5, 0.6) is 5.75 Å². The summed E-state index contributed by atoms with van der Waals surface area (Å²) in [6.07, 6.45) is 3.28. The van der Waals surface area contributed by atoms with E-state index in [9.17, 15) is 0 Å². The van der Waals surface area contributed by atoms with Crippen molar-refractivity contribution in [2.45, 2.75) is 24.8 Å². The molecule has 1 spiro atoms. The molecular weight excluding hydrogens is 202 g/mol. The molecule has 2 heterocycles. The highest BCUT2D eigenvalue weighted by atomic mass is 16.5. The van der Waals surface area contributed by atoms with Gasteiger partial charge in [0.05, 0.1) is 12.8 Å². The maximum absolute atomic E-state index is 5.44. The minimum atomic E-state index is 0.217. The van der Waals surface area contributed by atoms with Crippen molar-refractivity contribution in [2.75, 3.05) is 25.6 Å². The molecule has 1 saturated heterocycles. The molecule has 2 aliphatic rings. The van der Waals surface area contributed by atoms with Crippen LogP contribution in [0.4, 0.5) is 5.69 Å². The van der Waals surface area contributed by atoms with Crippen LogP contribution in [0.25, 0.3) is 0 Å². The lowest BCUT2D eigenvalue weighted by Crippen LogP contribution is -2.41. The molecule has 1 fully saturated rings. The van der Waals surface area contributed by atoms with Crippen molar-refractivity contribution in [3.05, 3.63) is 23.8 Å². The summed E-state index contributed by atoms with van der Waals surface area (Å²) in [6, 6.07) is 6.27. The molecule has 0 atom stereocenters. The lowest BCUT2D eigenvalue weighted by Gasteiger charge is -2.34. The van der Waals surface area contributed by atoms with Crippen LogP contribution in [0.1, 0.15) is 18.4 Å². The molecule has 16 heavy (non-hydrogen) atoms. The molecule has 0 unspecified atom stereocenters. The maximum Gasteiger partial charge on any atom is 0.142 e. The van der Waals surface area contributed by atoms with Crippen LogP contribution in [0.3, 0.4) is 0 Å². The summed E-state index contributed by atoms with van der Waals surface area (Å²) in [5.41, 5.74) is 2.78. The first-order valence-electron chi connectivity index (χ1n) is 5.85. The van der Waals surface area contributed by atoms with E-state index < -0.39 is 0 Å². The quantitative estimate of drug-likeness (QED) is 0.785. The average molecular weight is 219 g/mol. The van der Waals surface area contributed by atoms with E-state index in [1.54, 1.807) is 7.11 Å². The summed E-state index contributed by atoms with van der Waals surface area (Å²) < 4.78 is 10.8. The largest absolute Gasteiger partial charge is 0.495 e. The third-order valence-electron chi connectivity index (χ3n) is 3.70. The number of methoxy groups -OCH3 is 1. The third kappa shape index (κ3) is 1.47. The van der Waals surface area contributed by atoms with Crippen LogP contribution in [-0.2, 0) is 11.2 Å². The second kappa shape index (κ2) is 3.67. The number of rotatable bonds is 1. The molecule has 3 nitrogen and oxygen atoms in total. The molecular formula is C13H17NO2. The number of benzene rings is 1. The van der Waals surface area contributed by atoms with Gasteiger partial charge >= 0.3 is 0 Å². The van der Waals surface area contributed by atoms with E-state index in [-0.39, 0.29) is 5.54 Å². The highest BCUT2D eigenvalue weighted by Crippen LogP contribution is 2.42. The molecule has 0 aromatic heterocycles. The number of ether oxygens (including phenoxy) is 2. The highest BCUT2D eigenvalue weighted by molar-refractivity contribution is 5.67. The number of anilines is 1. The van der Waals surface area contributed by atoms with Gasteiger partial charge in [-0.05, 0) is 30.9 Å². The van der Waals surface area contributed by atoms with E-state index in [0.29, 0.717) is 0 Å². The molecule has 3 heteroatoms. The Bertz CT molecular complexity index is 397. The molecule has 2 aliphatic heterocycles. The number of fused-ring (bicyclic) bond motifs is 1. The molecule has 1 aromatic rings. The second-order valence-electron chi connectivity index (χ2n) is 4.69. The predicted molar refractivity (Wildman–Crippen MR) is 63.1 cm³/mol. The molecule has 0 radical (unpaired) electrons. The number of hydrogen-bond donors (Lipinski definition) is 1. The summed E-state index contributed by atoms with van der Waals surface area (Å²) >= 11 is 0. The Labute approximate surface area is 95.8 Å². The van der Waals surface area contributed by atoms with E-state index in [1.807, 2.05) is 6.07 Å². The average Bonchev–Trinajstić information content (AvgIpc) is 2.67. The van der Waals surface area contributed by atoms with Gasteiger partial charge in [-0.1, -0.05) is 12.1 Å². The summed E-state index contributed by atoms with van der Waals surface area (Å²) in [5, 5.41) is 3.66. The zero-order valence-electron chi connectivity index (χ0n) is 9.58. The number of nitrogens with one attached hydrogen (secondary N) is 1. The monoisotopic (exact) mass is 219 g/mol. The molecule has 1 aromatic carbocycles. The van der Waals surface area contributed by atoms with Gasteiger partial charge in [0.1, 0.15) is 5.75 Å². The lowest BCUT2D eigenvalue weighted by molar-refractivity contribution is 0.0624. The number of para-hydroxylation sites is 1. The van der Waals surface area contributed by atoms with Crippen molar-refractivity contribution >= 4 is 5.69 Å². The van der Waals surface area contributed by atoms with Crippen molar-refractivity contribution in [1.29, 1.82) is 0 Å².